The van der Waals surface area contributed by atoms with Gasteiger partial charge in [0, 0.05) is 6.54 Å². The van der Waals surface area contributed by atoms with Gasteiger partial charge in [-0.05, 0) is 26.2 Å². The van der Waals surface area contributed by atoms with Crippen molar-refractivity contribution in [1.29, 1.82) is 0 Å². The predicted molar refractivity (Wildman–Crippen MR) is 58.3 cm³/mol. The van der Waals surface area contributed by atoms with E-state index in [1.807, 2.05) is 11.5 Å². The van der Waals surface area contributed by atoms with Gasteiger partial charge >= 0.3 is 0 Å². The summed E-state index contributed by atoms with van der Waals surface area (Å²) in [4.78, 5) is 11.7. The van der Waals surface area contributed by atoms with Crippen LogP contribution in [0.1, 0.15) is 32.0 Å². The standard InChI is InChI=1S/C10H17N5O/c1-2-15-7-13-14-8(15)6-12-9(16)10(11)4-3-5-10/h7H,2-6,11H2,1H3,(H,12,16). The molecule has 0 spiro atoms. The molecule has 1 aromatic rings. The molecule has 1 amide bonds. The SMILES string of the molecule is CCn1cnnc1CNC(=O)C1(N)CCC1. The van der Waals surface area contributed by atoms with E-state index in [2.05, 4.69) is 15.5 Å². The van der Waals surface area contributed by atoms with Crippen LogP contribution >= 0.6 is 0 Å². The lowest BCUT2D eigenvalue weighted by molar-refractivity contribution is -0.129. The van der Waals surface area contributed by atoms with Gasteiger partial charge in [-0.2, -0.15) is 0 Å². The Morgan fingerprint density at radius 3 is 3.00 bits per heavy atom. The summed E-state index contributed by atoms with van der Waals surface area (Å²) in [6.45, 7) is 3.20. The lowest BCUT2D eigenvalue weighted by atomic mass is 9.77. The average molecular weight is 223 g/mol. The van der Waals surface area contributed by atoms with Crippen LogP contribution < -0.4 is 11.1 Å². The molecule has 6 nitrogen and oxygen atoms in total. The Morgan fingerprint density at radius 2 is 2.44 bits per heavy atom. The summed E-state index contributed by atoms with van der Waals surface area (Å²) in [6, 6.07) is 0. The zero-order chi connectivity index (χ0) is 11.6. The van der Waals surface area contributed by atoms with Gasteiger partial charge < -0.3 is 15.6 Å². The molecule has 1 aliphatic rings. The first-order valence-electron chi connectivity index (χ1n) is 5.59. The van der Waals surface area contributed by atoms with E-state index in [4.69, 9.17) is 5.73 Å². The number of nitrogens with two attached hydrogens (primary N) is 1. The Hall–Kier alpha value is -1.43. The Bertz CT molecular complexity index is 382. The number of amides is 1. The fourth-order valence-corrected chi connectivity index (χ4v) is 1.80. The van der Waals surface area contributed by atoms with Crippen LogP contribution in [0.15, 0.2) is 6.33 Å². The van der Waals surface area contributed by atoms with Crippen molar-refractivity contribution in [3.8, 4) is 0 Å². The van der Waals surface area contributed by atoms with Crippen molar-refractivity contribution in [3.05, 3.63) is 12.2 Å². The number of hydrogen-bond acceptors (Lipinski definition) is 4. The smallest absolute Gasteiger partial charge is 0.240 e. The molecule has 0 aromatic carbocycles. The van der Waals surface area contributed by atoms with Crippen LogP contribution in [0.4, 0.5) is 0 Å². The van der Waals surface area contributed by atoms with E-state index < -0.39 is 5.54 Å². The molecule has 0 bridgehead atoms. The number of carbonyl (C=O) groups excluding carboxylic acids is 1. The number of rotatable bonds is 4. The van der Waals surface area contributed by atoms with E-state index in [0.717, 1.165) is 31.6 Å². The Balaban J connectivity index is 1.90. The predicted octanol–water partition coefficient (Wildman–Crippen LogP) is -0.204. The number of hydrogen-bond donors (Lipinski definition) is 2. The Kier molecular flexibility index (Phi) is 2.91. The van der Waals surface area contributed by atoms with Crippen molar-refractivity contribution in [2.75, 3.05) is 0 Å². The lowest BCUT2D eigenvalue weighted by Crippen LogP contribution is -2.58. The molecule has 16 heavy (non-hydrogen) atoms. The Labute approximate surface area is 94.2 Å². The molecule has 0 atom stereocenters. The summed E-state index contributed by atoms with van der Waals surface area (Å²) in [7, 11) is 0. The van der Waals surface area contributed by atoms with Gasteiger partial charge in [0.05, 0.1) is 12.1 Å². The zero-order valence-corrected chi connectivity index (χ0v) is 9.44. The van der Waals surface area contributed by atoms with E-state index in [0.29, 0.717) is 6.54 Å². The number of aromatic nitrogens is 3. The second-order valence-electron chi connectivity index (χ2n) is 4.23. The zero-order valence-electron chi connectivity index (χ0n) is 9.44. The van der Waals surface area contributed by atoms with Gasteiger partial charge in [0.15, 0.2) is 5.82 Å². The Morgan fingerprint density at radius 1 is 1.69 bits per heavy atom. The molecule has 0 aliphatic heterocycles. The topological polar surface area (TPSA) is 85.8 Å². The molecule has 0 unspecified atom stereocenters. The highest BCUT2D eigenvalue weighted by Gasteiger charge is 2.39. The van der Waals surface area contributed by atoms with Crippen molar-refractivity contribution in [2.24, 2.45) is 5.73 Å². The molecular weight excluding hydrogens is 206 g/mol. The van der Waals surface area contributed by atoms with Crippen molar-refractivity contribution < 1.29 is 4.79 Å². The van der Waals surface area contributed by atoms with Crippen LogP contribution in [0.25, 0.3) is 0 Å². The van der Waals surface area contributed by atoms with Crippen molar-refractivity contribution in [2.45, 2.75) is 44.8 Å². The van der Waals surface area contributed by atoms with E-state index in [1.54, 1.807) is 6.33 Å². The molecule has 1 aromatic heterocycles. The maximum Gasteiger partial charge on any atom is 0.240 e. The van der Waals surface area contributed by atoms with Crippen LogP contribution in [0.3, 0.4) is 0 Å². The van der Waals surface area contributed by atoms with Gasteiger partial charge in [-0.15, -0.1) is 10.2 Å². The second-order valence-corrected chi connectivity index (χ2v) is 4.23. The minimum atomic E-state index is -0.642. The molecule has 2 rings (SSSR count). The third kappa shape index (κ3) is 1.92. The van der Waals surface area contributed by atoms with E-state index in [-0.39, 0.29) is 5.91 Å². The van der Waals surface area contributed by atoms with Crippen LogP contribution in [-0.2, 0) is 17.9 Å². The molecule has 1 saturated carbocycles. The monoisotopic (exact) mass is 223 g/mol. The van der Waals surface area contributed by atoms with Gasteiger partial charge in [-0.3, -0.25) is 4.79 Å². The first-order valence-corrected chi connectivity index (χ1v) is 5.59. The van der Waals surface area contributed by atoms with Crippen molar-refractivity contribution >= 4 is 5.91 Å². The number of nitrogens with zero attached hydrogens (tertiary/aromatic N) is 3. The first kappa shape index (κ1) is 11.1. The van der Waals surface area contributed by atoms with Gasteiger partial charge in [-0.25, -0.2) is 0 Å². The highest BCUT2D eigenvalue weighted by Crippen LogP contribution is 2.28. The minimum absolute atomic E-state index is 0.0793. The van der Waals surface area contributed by atoms with Gasteiger partial charge in [-0.1, -0.05) is 0 Å². The maximum atomic E-state index is 11.7. The normalized spacial score (nSPS) is 17.9. The molecule has 0 saturated heterocycles. The molecule has 3 N–H and O–H groups in total. The quantitative estimate of drug-likeness (QED) is 0.740. The molecular formula is C10H17N5O. The van der Waals surface area contributed by atoms with Crippen LogP contribution in [0.2, 0.25) is 0 Å². The molecule has 0 radical (unpaired) electrons. The number of nitrogens with one attached hydrogen (secondary N) is 1. The number of carbonyl (C=O) groups is 1. The van der Waals surface area contributed by atoms with Crippen LogP contribution in [-0.4, -0.2) is 26.2 Å². The first-order chi connectivity index (χ1) is 7.65. The third-order valence-corrected chi connectivity index (χ3v) is 3.14. The summed E-state index contributed by atoms with van der Waals surface area (Å²) < 4.78 is 1.89. The van der Waals surface area contributed by atoms with Gasteiger partial charge in [0.1, 0.15) is 6.33 Å². The maximum absolute atomic E-state index is 11.7. The van der Waals surface area contributed by atoms with Crippen molar-refractivity contribution in [1.82, 2.24) is 20.1 Å². The van der Waals surface area contributed by atoms with Crippen LogP contribution in [0, 0.1) is 0 Å². The summed E-state index contributed by atoms with van der Waals surface area (Å²) >= 11 is 0. The second kappa shape index (κ2) is 4.21. The summed E-state index contributed by atoms with van der Waals surface area (Å²) in [5.74, 6) is 0.683. The summed E-state index contributed by atoms with van der Waals surface area (Å²) in [5, 5.41) is 10.6. The molecule has 1 fully saturated rings. The molecule has 1 aliphatic carbocycles. The van der Waals surface area contributed by atoms with E-state index >= 15 is 0 Å². The third-order valence-electron chi connectivity index (χ3n) is 3.14. The molecule has 1 heterocycles. The highest BCUT2D eigenvalue weighted by molar-refractivity contribution is 5.86. The van der Waals surface area contributed by atoms with E-state index in [1.165, 1.54) is 0 Å². The van der Waals surface area contributed by atoms with Gasteiger partial charge in [0.25, 0.3) is 0 Å². The summed E-state index contributed by atoms with van der Waals surface area (Å²) in [6.07, 6.45) is 4.25. The minimum Gasteiger partial charge on any atom is -0.347 e. The summed E-state index contributed by atoms with van der Waals surface area (Å²) in [5.41, 5.74) is 5.26. The largest absolute Gasteiger partial charge is 0.347 e. The van der Waals surface area contributed by atoms with E-state index in [9.17, 15) is 4.79 Å². The molecule has 6 heteroatoms. The van der Waals surface area contributed by atoms with Gasteiger partial charge in [0.2, 0.25) is 5.91 Å². The van der Waals surface area contributed by atoms with Crippen molar-refractivity contribution in [3.63, 3.8) is 0 Å². The highest BCUT2D eigenvalue weighted by atomic mass is 16.2. The molecule has 88 valence electrons. The average Bonchev–Trinajstić information content (AvgIpc) is 2.69. The number of aryl methyl sites for hydroxylation is 1. The fourth-order valence-electron chi connectivity index (χ4n) is 1.80. The van der Waals surface area contributed by atoms with Crippen LogP contribution in [0.5, 0.6) is 0 Å². The fraction of sp³-hybridized carbons (Fsp3) is 0.700. The lowest BCUT2D eigenvalue weighted by Gasteiger charge is -2.36.